The van der Waals surface area contributed by atoms with E-state index in [1.165, 1.54) is 5.56 Å². The van der Waals surface area contributed by atoms with Gasteiger partial charge in [0.25, 0.3) is 5.91 Å². The van der Waals surface area contributed by atoms with Crippen molar-refractivity contribution >= 4 is 17.8 Å². The summed E-state index contributed by atoms with van der Waals surface area (Å²) in [7, 11) is 0. The smallest absolute Gasteiger partial charge is 0.273 e. The fourth-order valence-corrected chi connectivity index (χ4v) is 2.47. The van der Waals surface area contributed by atoms with Gasteiger partial charge in [-0.1, -0.05) is 54.1 Å². The van der Waals surface area contributed by atoms with Gasteiger partial charge in [0.2, 0.25) is 0 Å². The molecular weight excluding hydrogens is 338 g/mol. The summed E-state index contributed by atoms with van der Waals surface area (Å²) in [6.07, 6.45) is 1.57. The molecule has 0 fully saturated rings. The summed E-state index contributed by atoms with van der Waals surface area (Å²) in [6, 6.07) is 22.6. The van der Waals surface area contributed by atoms with Crippen molar-refractivity contribution in [2.75, 3.05) is 5.73 Å². The highest BCUT2D eigenvalue weighted by Crippen LogP contribution is 2.15. The molecule has 0 aromatic heterocycles. The van der Waals surface area contributed by atoms with Crippen molar-refractivity contribution in [3.63, 3.8) is 0 Å². The van der Waals surface area contributed by atoms with Crippen LogP contribution in [-0.2, 0) is 6.61 Å². The lowest BCUT2D eigenvalue weighted by molar-refractivity contribution is 0.0956. The minimum Gasteiger partial charge on any atom is -0.489 e. The van der Waals surface area contributed by atoms with Crippen LogP contribution in [0, 0.1) is 6.92 Å². The number of nitrogens with two attached hydrogens (primary N) is 1. The molecule has 3 aromatic rings. The number of carbonyl (C=O) groups is 1. The molecule has 136 valence electrons. The minimum absolute atomic E-state index is 0.351. The van der Waals surface area contributed by atoms with Crippen LogP contribution in [0.3, 0.4) is 0 Å². The summed E-state index contributed by atoms with van der Waals surface area (Å²) in [6.45, 7) is 2.54. The first-order chi connectivity index (χ1) is 13.1. The number of hydrazone groups is 1. The van der Waals surface area contributed by atoms with E-state index < -0.39 is 0 Å². The fraction of sp³-hybridized carbons (Fsp3) is 0.0909. The summed E-state index contributed by atoms with van der Waals surface area (Å²) < 4.78 is 5.82. The van der Waals surface area contributed by atoms with Crippen LogP contribution in [0.1, 0.15) is 27.0 Å². The number of ether oxygens (including phenoxy) is 1. The Morgan fingerprint density at radius 2 is 1.85 bits per heavy atom. The second-order valence-electron chi connectivity index (χ2n) is 6.13. The Kier molecular flexibility index (Phi) is 5.84. The van der Waals surface area contributed by atoms with Crippen LogP contribution >= 0.6 is 0 Å². The first-order valence-corrected chi connectivity index (χ1v) is 8.58. The maximum absolute atomic E-state index is 12.1. The van der Waals surface area contributed by atoms with E-state index in [1.54, 1.807) is 30.5 Å². The molecule has 0 saturated carbocycles. The number of nitrogen functional groups attached to an aromatic ring is 1. The van der Waals surface area contributed by atoms with E-state index in [1.807, 2.05) is 36.4 Å². The molecule has 0 saturated heterocycles. The molecule has 3 N–H and O–H groups in total. The summed E-state index contributed by atoms with van der Waals surface area (Å²) >= 11 is 0. The van der Waals surface area contributed by atoms with E-state index in [-0.39, 0.29) is 5.91 Å². The van der Waals surface area contributed by atoms with Crippen LogP contribution in [0.25, 0.3) is 0 Å². The van der Waals surface area contributed by atoms with E-state index in [9.17, 15) is 4.79 Å². The fourth-order valence-electron chi connectivity index (χ4n) is 2.47. The van der Waals surface area contributed by atoms with Gasteiger partial charge >= 0.3 is 0 Å². The topological polar surface area (TPSA) is 76.7 Å². The summed E-state index contributed by atoms with van der Waals surface area (Å²) in [5.41, 5.74) is 12.2. The molecule has 0 radical (unpaired) electrons. The van der Waals surface area contributed by atoms with Gasteiger partial charge in [-0.3, -0.25) is 4.79 Å². The number of amides is 1. The molecule has 3 aromatic carbocycles. The highest BCUT2D eigenvalue weighted by Gasteiger charge is 2.07. The number of anilines is 1. The van der Waals surface area contributed by atoms with E-state index in [0.717, 1.165) is 16.9 Å². The molecule has 1 amide bonds. The Bertz CT molecular complexity index is 950. The quantitative estimate of drug-likeness (QED) is 0.398. The number of carbonyl (C=O) groups excluding carboxylic acids is 1. The van der Waals surface area contributed by atoms with E-state index in [4.69, 9.17) is 10.5 Å². The zero-order valence-electron chi connectivity index (χ0n) is 15.1. The number of hydrogen-bond donors (Lipinski definition) is 2. The zero-order valence-corrected chi connectivity index (χ0v) is 15.1. The molecule has 0 bridgehead atoms. The second kappa shape index (κ2) is 8.67. The van der Waals surface area contributed by atoms with Crippen molar-refractivity contribution in [3.05, 3.63) is 95.1 Å². The van der Waals surface area contributed by atoms with Crippen LogP contribution < -0.4 is 15.9 Å². The molecule has 0 aliphatic rings. The summed E-state index contributed by atoms with van der Waals surface area (Å²) in [4.78, 5) is 12.1. The number of rotatable bonds is 6. The largest absolute Gasteiger partial charge is 0.489 e. The van der Waals surface area contributed by atoms with Crippen molar-refractivity contribution in [3.8, 4) is 5.75 Å². The van der Waals surface area contributed by atoms with Crippen LogP contribution in [0.15, 0.2) is 77.9 Å². The maximum atomic E-state index is 12.1. The molecule has 0 heterocycles. The predicted octanol–water partition coefficient (Wildman–Crippen LogP) is 3.92. The molecule has 0 spiro atoms. The lowest BCUT2D eigenvalue weighted by Gasteiger charge is -2.07. The highest BCUT2D eigenvalue weighted by atomic mass is 16.5. The maximum Gasteiger partial charge on any atom is 0.273 e. The monoisotopic (exact) mass is 359 g/mol. The summed E-state index contributed by atoms with van der Waals surface area (Å²) in [5.74, 6) is 0.384. The van der Waals surface area contributed by atoms with E-state index in [0.29, 0.717) is 17.9 Å². The number of hydrogen-bond acceptors (Lipinski definition) is 4. The number of para-hydroxylation sites is 1. The Hall–Kier alpha value is -3.60. The van der Waals surface area contributed by atoms with E-state index >= 15 is 0 Å². The van der Waals surface area contributed by atoms with Gasteiger partial charge in [-0.15, -0.1) is 0 Å². The van der Waals surface area contributed by atoms with Gasteiger partial charge in [0.1, 0.15) is 12.4 Å². The zero-order chi connectivity index (χ0) is 19.1. The molecule has 5 heteroatoms. The number of nitrogens with zero attached hydrogens (tertiary/aromatic N) is 1. The predicted molar refractivity (Wildman–Crippen MR) is 108 cm³/mol. The summed E-state index contributed by atoms with van der Waals surface area (Å²) in [5, 5.41) is 3.99. The lowest BCUT2D eigenvalue weighted by atomic mass is 10.2. The number of benzene rings is 3. The third kappa shape index (κ3) is 5.19. The standard InChI is InChI=1S/C22H21N3O2/c1-16-9-11-17(12-10-16)15-27-19-6-4-5-18(13-19)14-24-25-22(26)20-7-2-3-8-21(20)23/h2-14H,15,23H2,1H3,(H,25,26)/b24-14-. The van der Waals surface area contributed by atoms with Crippen molar-refractivity contribution in [2.24, 2.45) is 5.10 Å². The Morgan fingerprint density at radius 1 is 1.07 bits per heavy atom. The van der Waals surface area contributed by atoms with Crippen LogP contribution in [0.5, 0.6) is 5.75 Å². The molecular formula is C22H21N3O2. The van der Waals surface area contributed by atoms with E-state index in [2.05, 4.69) is 29.6 Å². The van der Waals surface area contributed by atoms with Crippen LogP contribution in [0.2, 0.25) is 0 Å². The molecule has 0 atom stereocenters. The van der Waals surface area contributed by atoms with Gasteiger partial charge in [0, 0.05) is 5.69 Å². The average molecular weight is 359 g/mol. The molecule has 0 unspecified atom stereocenters. The highest BCUT2D eigenvalue weighted by molar-refractivity contribution is 5.99. The van der Waals surface area contributed by atoms with Gasteiger partial charge in [0.05, 0.1) is 11.8 Å². The van der Waals surface area contributed by atoms with Crippen LogP contribution in [-0.4, -0.2) is 12.1 Å². The van der Waals surface area contributed by atoms with Crippen molar-refractivity contribution in [2.45, 2.75) is 13.5 Å². The third-order valence-electron chi connectivity index (χ3n) is 3.97. The first-order valence-electron chi connectivity index (χ1n) is 8.58. The van der Waals surface area contributed by atoms with Gasteiger partial charge < -0.3 is 10.5 Å². The molecule has 3 rings (SSSR count). The Morgan fingerprint density at radius 3 is 2.63 bits per heavy atom. The number of aryl methyl sites for hydroxylation is 1. The van der Waals surface area contributed by atoms with Crippen molar-refractivity contribution < 1.29 is 9.53 Å². The molecule has 0 aliphatic heterocycles. The van der Waals surface area contributed by atoms with Crippen molar-refractivity contribution in [1.82, 2.24) is 5.43 Å². The van der Waals surface area contributed by atoms with Crippen LogP contribution in [0.4, 0.5) is 5.69 Å². The average Bonchev–Trinajstić information content (AvgIpc) is 2.68. The Balaban J connectivity index is 1.58. The first kappa shape index (κ1) is 18.2. The number of nitrogens with one attached hydrogen (secondary N) is 1. The molecule has 0 aliphatic carbocycles. The van der Waals surface area contributed by atoms with Gasteiger partial charge in [-0.05, 0) is 42.3 Å². The SMILES string of the molecule is Cc1ccc(COc2cccc(/C=N\NC(=O)c3ccccc3N)c2)cc1. The van der Waals surface area contributed by atoms with Gasteiger partial charge in [-0.2, -0.15) is 5.10 Å². The minimum atomic E-state index is -0.351. The van der Waals surface area contributed by atoms with Gasteiger partial charge in [0.15, 0.2) is 0 Å². The Labute approximate surface area is 158 Å². The molecule has 5 nitrogen and oxygen atoms in total. The molecule has 27 heavy (non-hydrogen) atoms. The third-order valence-corrected chi connectivity index (χ3v) is 3.97. The van der Waals surface area contributed by atoms with Gasteiger partial charge in [-0.25, -0.2) is 5.43 Å². The normalized spacial score (nSPS) is 10.7. The second-order valence-corrected chi connectivity index (χ2v) is 6.13. The van der Waals surface area contributed by atoms with Crippen molar-refractivity contribution in [1.29, 1.82) is 0 Å². The lowest BCUT2D eigenvalue weighted by Crippen LogP contribution is -2.18.